The van der Waals surface area contributed by atoms with E-state index in [1.165, 1.54) is 12.6 Å². The third-order valence-corrected chi connectivity index (χ3v) is 5.20. The lowest BCUT2D eigenvalue weighted by Gasteiger charge is -2.36. The van der Waals surface area contributed by atoms with Gasteiger partial charge in [-0.15, -0.1) is 11.3 Å². The summed E-state index contributed by atoms with van der Waals surface area (Å²) in [5.41, 5.74) is 5.69. The first-order valence-corrected chi connectivity index (χ1v) is 7.49. The molecular weight excluding hydrogens is 273 g/mol. The number of alkyl halides is 3. The van der Waals surface area contributed by atoms with Crippen molar-refractivity contribution in [2.45, 2.75) is 57.2 Å². The molecule has 1 fully saturated rings. The van der Waals surface area contributed by atoms with Crippen molar-refractivity contribution >= 4 is 11.3 Å². The highest BCUT2D eigenvalue weighted by molar-refractivity contribution is 7.11. The summed E-state index contributed by atoms with van der Waals surface area (Å²) in [5.74, 6) is 0.677. The first-order valence-electron chi connectivity index (χ1n) is 6.67. The zero-order valence-electron chi connectivity index (χ0n) is 11.0. The van der Waals surface area contributed by atoms with Crippen molar-refractivity contribution in [3.63, 3.8) is 0 Å². The van der Waals surface area contributed by atoms with E-state index in [4.69, 9.17) is 5.73 Å². The second-order valence-corrected chi connectivity index (χ2v) is 6.45. The summed E-state index contributed by atoms with van der Waals surface area (Å²) in [7, 11) is 0. The third kappa shape index (κ3) is 3.28. The van der Waals surface area contributed by atoms with E-state index in [-0.39, 0.29) is 0 Å². The molecule has 2 N–H and O–H groups in total. The molecule has 0 aromatic carbocycles. The smallest absolute Gasteiger partial charge is 0.321 e. The highest BCUT2D eigenvalue weighted by Crippen LogP contribution is 2.43. The fraction of sp³-hybridized carbons (Fsp3) is 0.769. The van der Waals surface area contributed by atoms with Crippen molar-refractivity contribution in [3.05, 3.63) is 16.1 Å². The zero-order chi connectivity index (χ0) is 14.1. The normalized spacial score (nSPS) is 28.6. The molecule has 19 heavy (non-hydrogen) atoms. The van der Waals surface area contributed by atoms with Crippen molar-refractivity contribution in [1.82, 2.24) is 4.98 Å². The molecule has 1 aliphatic carbocycles. The Kier molecular flexibility index (Phi) is 4.20. The monoisotopic (exact) mass is 292 g/mol. The minimum absolute atomic E-state index is 0.578. The number of halogens is 3. The van der Waals surface area contributed by atoms with Gasteiger partial charge in [0, 0.05) is 11.1 Å². The number of rotatable bonds is 3. The van der Waals surface area contributed by atoms with Gasteiger partial charge in [0.1, 0.15) is 0 Å². The van der Waals surface area contributed by atoms with Crippen LogP contribution >= 0.6 is 11.3 Å². The molecule has 1 saturated carbocycles. The first kappa shape index (κ1) is 14.8. The van der Waals surface area contributed by atoms with Crippen LogP contribution in [0, 0.1) is 5.92 Å². The van der Waals surface area contributed by atoms with E-state index in [9.17, 15) is 13.2 Å². The van der Waals surface area contributed by atoms with Gasteiger partial charge in [0.05, 0.1) is 5.54 Å². The molecule has 2 nitrogen and oxygen atoms in total. The Morgan fingerprint density at radius 2 is 2.05 bits per heavy atom. The van der Waals surface area contributed by atoms with Gasteiger partial charge in [-0.1, -0.05) is 19.8 Å². The minimum atomic E-state index is -4.36. The molecule has 0 aliphatic heterocycles. The third-order valence-electron chi connectivity index (χ3n) is 3.93. The van der Waals surface area contributed by atoms with Gasteiger partial charge < -0.3 is 5.73 Å². The Labute approximate surface area is 115 Å². The quantitative estimate of drug-likeness (QED) is 0.901. The van der Waals surface area contributed by atoms with Crippen molar-refractivity contribution in [3.8, 4) is 0 Å². The molecule has 108 valence electrons. The van der Waals surface area contributed by atoms with E-state index < -0.39 is 16.7 Å². The lowest BCUT2D eigenvalue weighted by molar-refractivity contribution is -0.137. The summed E-state index contributed by atoms with van der Waals surface area (Å²) < 4.78 is 37.7. The maximum atomic E-state index is 12.6. The molecule has 6 heteroatoms. The maximum Gasteiger partial charge on any atom is 0.443 e. The molecule has 1 aromatic heterocycles. The summed E-state index contributed by atoms with van der Waals surface area (Å²) in [5, 5.41) is -0.789. The standard InChI is InChI=1S/C13H19F3N2S/c1-2-3-9-4-6-12(17,7-5-9)10-8-18-11(19-10)13(14,15)16/h8-9H,2-7,17H2,1H3. The highest BCUT2D eigenvalue weighted by Gasteiger charge is 2.39. The van der Waals surface area contributed by atoms with Crippen LogP contribution in [0.15, 0.2) is 6.20 Å². The number of hydrogen-bond acceptors (Lipinski definition) is 3. The molecule has 0 spiro atoms. The van der Waals surface area contributed by atoms with Gasteiger partial charge in [-0.25, -0.2) is 4.98 Å². The maximum absolute atomic E-state index is 12.6. The van der Waals surface area contributed by atoms with Crippen molar-refractivity contribution in [2.75, 3.05) is 0 Å². The fourth-order valence-corrected chi connectivity index (χ4v) is 3.71. The summed E-state index contributed by atoms with van der Waals surface area (Å²) in [6, 6.07) is 0. The Balaban J connectivity index is 2.07. The summed E-state index contributed by atoms with van der Waals surface area (Å²) in [6.45, 7) is 2.16. The van der Waals surface area contributed by atoms with E-state index in [0.29, 0.717) is 22.1 Å². The van der Waals surface area contributed by atoms with E-state index in [0.717, 1.165) is 32.1 Å². The van der Waals surface area contributed by atoms with E-state index >= 15 is 0 Å². The second-order valence-electron chi connectivity index (χ2n) is 5.42. The molecule has 1 heterocycles. The highest BCUT2D eigenvalue weighted by atomic mass is 32.1. The van der Waals surface area contributed by atoms with Crippen LogP contribution in [0.5, 0.6) is 0 Å². The van der Waals surface area contributed by atoms with Gasteiger partial charge in [0.15, 0.2) is 5.01 Å². The van der Waals surface area contributed by atoms with Gasteiger partial charge in [0.25, 0.3) is 0 Å². The molecule has 1 aromatic rings. The largest absolute Gasteiger partial charge is 0.443 e. The van der Waals surface area contributed by atoms with E-state index in [1.807, 2.05) is 0 Å². The summed E-state index contributed by atoms with van der Waals surface area (Å²) in [6.07, 6.45) is 2.82. The first-order chi connectivity index (χ1) is 8.85. The average molecular weight is 292 g/mol. The van der Waals surface area contributed by atoms with Gasteiger partial charge in [-0.3, -0.25) is 0 Å². The molecule has 0 bridgehead atoms. The Morgan fingerprint density at radius 3 is 2.53 bits per heavy atom. The van der Waals surface area contributed by atoms with Crippen LogP contribution in [0.3, 0.4) is 0 Å². The van der Waals surface area contributed by atoms with Crippen molar-refractivity contribution in [1.29, 1.82) is 0 Å². The fourth-order valence-electron chi connectivity index (χ4n) is 2.77. The number of aromatic nitrogens is 1. The van der Waals surface area contributed by atoms with Crippen LogP contribution in [0.25, 0.3) is 0 Å². The molecule has 0 amide bonds. The van der Waals surface area contributed by atoms with Crippen LogP contribution in [-0.2, 0) is 11.7 Å². The van der Waals surface area contributed by atoms with Gasteiger partial charge in [-0.05, 0) is 31.6 Å². The molecule has 0 saturated heterocycles. The summed E-state index contributed by atoms with van der Waals surface area (Å²) >= 11 is 0.699. The predicted molar refractivity (Wildman–Crippen MR) is 69.8 cm³/mol. The lowest BCUT2D eigenvalue weighted by Crippen LogP contribution is -2.39. The van der Waals surface area contributed by atoms with E-state index in [2.05, 4.69) is 11.9 Å². The van der Waals surface area contributed by atoms with Crippen LogP contribution in [0.1, 0.15) is 55.3 Å². The van der Waals surface area contributed by atoms with Crippen molar-refractivity contribution in [2.24, 2.45) is 11.7 Å². The van der Waals surface area contributed by atoms with Gasteiger partial charge in [-0.2, -0.15) is 13.2 Å². The number of nitrogens with two attached hydrogens (primary N) is 1. The lowest BCUT2D eigenvalue weighted by atomic mass is 9.75. The molecule has 1 aliphatic rings. The van der Waals surface area contributed by atoms with Crippen LogP contribution in [0.4, 0.5) is 13.2 Å². The second kappa shape index (κ2) is 5.40. The Morgan fingerprint density at radius 1 is 1.42 bits per heavy atom. The SMILES string of the molecule is CCCC1CCC(N)(c2cnc(C(F)(F)F)s2)CC1. The van der Waals surface area contributed by atoms with E-state index in [1.54, 1.807) is 0 Å². The van der Waals surface area contributed by atoms with Crippen molar-refractivity contribution < 1.29 is 13.2 Å². The van der Waals surface area contributed by atoms with Gasteiger partial charge >= 0.3 is 6.18 Å². The summed E-state index contributed by atoms with van der Waals surface area (Å²) in [4.78, 5) is 4.06. The molecule has 0 unspecified atom stereocenters. The number of nitrogens with zero attached hydrogens (tertiary/aromatic N) is 1. The average Bonchev–Trinajstić information content (AvgIpc) is 2.82. The van der Waals surface area contributed by atoms with Crippen LogP contribution in [0.2, 0.25) is 0 Å². The Bertz CT molecular complexity index is 420. The molecule has 0 radical (unpaired) electrons. The minimum Gasteiger partial charge on any atom is -0.321 e. The van der Waals surface area contributed by atoms with Crippen LogP contribution < -0.4 is 5.73 Å². The predicted octanol–water partition coefficient (Wildman–Crippen LogP) is 4.31. The van der Waals surface area contributed by atoms with Crippen LogP contribution in [-0.4, -0.2) is 4.98 Å². The zero-order valence-corrected chi connectivity index (χ0v) is 11.8. The number of thiazole rings is 1. The molecule has 0 atom stereocenters. The molecule has 2 rings (SSSR count). The van der Waals surface area contributed by atoms with Gasteiger partial charge in [0.2, 0.25) is 0 Å². The number of hydrogen-bond donors (Lipinski definition) is 1. The molecular formula is C13H19F3N2S. The topological polar surface area (TPSA) is 38.9 Å². The Hall–Kier alpha value is -0.620.